The number of methoxy groups -OCH3 is 1. The molecule has 2 aromatic rings. The van der Waals surface area contributed by atoms with E-state index in [0.29, 0.717) is 5.76 Å². The van der Waals surface area contributed by atoms with Crippen molar-refractivity contribution in [1.29, 1.82) is 0 Å². The van der Waals surface area contributed by atoms with E-state index in [0.717, 1.165) is 16.9 Å². The number of carbonyl (C=O) groups excluding carboxylic acids is 2. The number of hydrogen-bond donors (Lipinski definition) is 1. The molecule has 0 saturated carbocycles. The zero-order valence-corrected chi connectivity index (χ0v) is 13.3. The van der Waals surface area contributed by atoms with Gasteiger partial charge in [-0.1, -0.05) is 12.1 Å². The molecule has 1 amide bonds. The minimum atomic E-state index is -0.525. The lowest BCUT2D eigenvalue weighted by molar-refractivity contribution is -0.139. The average molecular weight is 317 g/mol. The molecule has 0 fully saturated rings. The lowest BCUT2D eigenvalue weighted by atomic mass is 10.1. The molecule has 1 aromatic carbocycles. The number of nitrogens with one attached hydrogen (secondary N) is 1. The number of esters is 1. The second-order valence-electron chi connectivity index (χ2n) is 5.08. The molecule has 23 heavy (non-hydrogen) atoms. The maximum absolute atomic E-state index is 11.8. The van der Waals surface area contributed by atoms with Gasteiger partial charge < -0.3 is 19.2 Å². The summed E-state index contributed by atoms with van der Waals surface area (Å²) in [6.45, 7) is 3.96. The fraction of sp³-hybridized carbons (Fsp3) is 0.294. The van der Waals surface area contributed by atoms with Gasteiger partial charge in [0, 0.05) is 0 Å². The second kappa shape index (κ2) is 7.49. The largest absolute Gasteiger partial charge is 0.485 e. The van der Waals surface area contributed by atoms with E-state index in [2.05, 4.69) is 10.1 Å². The second-order valence-corrected chi connectivity index (χ2v) is 5.08. The molecule has 0 spiro atoms. The highest BCUT2D eigenvalue weighted by molar-refractivity contribution is 5.93. The average Bonchev–Trinajstić information content (AvgIpc) is 3.02. The van der Waals surface area contributed by atoms with Gasteiger partial charge in [0.2, 0.25) is 0 Å². The molecular weight excluding hydrogens is 298 g/mol. The van der Waals surface area contributed by atoms with Gasteiger partial charge in [-0.25, -0.2) is 0 Å². The van der Waals surface area contributed by atoms with Crippen molar-refractivity contribution < 1.29 is 23.5 Å². The lowest BCUT2D eigenvalue weighted by Crippen LogP contribution is -2.29. The van der Waals surface area contributed by atoms with Crippen LogP contribution in [-0.4, -0.2) is 25.5 Å². The smallest absolute Gasteiger partial charge is 0.325 e. The first-order valence-electron chi connectivity index (χ1n) is 7.13. The standard InChI is InChI=1S/C17H19NO5/c1-11-4-5-12(2)15(8-11)22-10-13-6-7-14(23-13)17(20)18-9-16(19)21-3/h4-8H,9-10H2,1-3H3,(H,18,20). The summed E-state index contributed by atoms with van der Waals surface area (Å²) < 4.78 is 15.6. The summed E-state index contributed by atoms with van der Waals surface area (Å²) in [7, 11) is 1.25. The Hall–Kier alpha value is -2.76. The number of furan rings is 1. The van der Waals surface area contributed by atoms with E-state index in [-0.39, 0.29) is 18.9 Å². The monoisotopic (exact) mass is 317 g/mol. The SMILES string of the molecule is COC(=O)CNC(=O)c1ccc(COc2cc(C)ccc2C)o1. The minimum Gasteiger partial charge on any atom is -0.485 e. The van der Waals surface area contributed by atoms with Crippen molar-refractivity contribution in [3.05, 3.63) is 53.0 Å². The Morgan fingerprint density at radius 3 is 2.70 bits per heavy atom. The summed E-state index contributed by atoms with van der Waals surface area (Å²) in [4.78, 5) is 22.8. The zero-order valence-electron chi connectivity index (χ0n) is 13.3. The van der Waals surface area contributed by atoms with Crippen LogP contribution in [0.1, 0.15) is 27.4 Å². The Labute approximate surface area is 134 Å². The van der Waals surface area contributed by atoms with Gasteiger partial charge in [-0.2, -0.15) is 0 Å². The van der Waals surface area contributed by atoms with Crippen LogP contribution in [0.4, 0.5) is 0 Å². The molecule has 0 aliphatic heterocycles. The van der Waals surface area contributed by atoms with E-state index in [1.165, 1.54) is 13.2 Å². The Bertz CT molecular complexity index is 705. The number of ether oxygens (including phenoxy) is 2. The molecule has 1 heterocycles. The van der Waals surface area contributed by atoms with Gasteiger partial charge in [0.1, 0.15) is 24.7 Å². The summed E-state index contributed by atoms with van der Waals surface area (Å²) in [6, 6.07) is 9.15. The highest BCUT2D eigenvalue weighted by Gasteiger charge is 2.13. The molecule has 0 aliphatic rings. The summed E-state index contributed by atoms with van der Waals surface area (Å²) in [5.74, 6) is 0.414. The fourth-order valence-corrected chi connectivity index (χ4v) is 1.90. The first-order chi connectivity index (χ1) is 11.0. The molecule has 1 N–H and O–H groups in total. The number of carbonyl (C=O) groups is 2. The molecule has 0 radical (unpaired) electrons. The van der Waals surface area contributed by atoms with Crippen LogP contribution in [0.5, 0.6) is 5.75 Å². The molecule has 2 rings (SSSR count). The third-order valence-corrected chi connectivity index (χ3v) is 3.22. The van der Waals surface area contributed by atoms with E-state index in [9.17, 15) is 9.59 Å². The summed E-state index contributed by atoms with van der Waals surface area (Å²) >= 11 is 0. The van der Waals surface area contributed by atoms with Gasteiger partial charge in [-0.3, -0.25) is 9.59 Å². The Balaban J connectivity index is 1.93. The first kappa shape index (κ1) is 16.6. The predicted molar refractivity (Wildman–Crippen MR) is 83.3 cm³/mol. The van der Waals surface area contributed by atoms with Gasteiger partial charge in [-0.15, -0.1) is 0 Å². The number of benzene rings is 1. The van der Waals surface area contributed by atoms with Crippen molar-refractivity contribution in [3.63, 3.8) is 0 Å². The molecule has 0 atom stereocenters. The summed E-state index contributed by atoms with van der Waals surface area (Å²) in [6.07, 6.45) is 0. The molecular formula is C17H19NO5. The van der Waals surface area contributed by atoms with Crippen molar-refractivity contribution in [3.8, 4) is 5.75 Å². The highest BCUT2D eigenvalue weighted by Crippen LogP contribution is 2.21. The van der Waals surface area contributed by atoms with E-state index in [4.69, 9.17) is 9.15 Å². The van der Waals surface area contributed by atoms with Crippen molar-refractivity contribution in [1.82, 2.24) is 5.32 Å². The quantitative estimate of drug-likeness (QED) is 0.828. The molecule has 1 aromatic heterocycles. The van der Waals surface area contributed by atoms with Crippen molar-refractivity contribution in [2.45, 2.75) is 20.5 Å². The maximum atomic E-state index is 11.8. The van der Waals surface area contributed by atoms with E-state index >= 15 is 0 Å². The fourth-order valence-electron chi connectivity index (χ4n) is 1.90. The molecule has 122 valence electrons. The van der Waals surface area contributed by atoms with Gasteiger partial charge in [-0.05, 0) is 43.2 Å². The highest BCUT2D eigenvalue weighted by atomic mass is 16.5. The number of hydrogen-bond acceptors (Lipinski definition) is 5. The van der Waals surface area contributed by atoms with E-state index in [1.807, 2.05) is 32.0 Å². The Morgan fingerprint density at radius 2 is 1.96 bits per heavy atom. The van der Waals surface area contributed by atoms with Gasteiger partial charge in [0.05, 0.1) is 7.11 Å². The lowest BCUT2D eigenvalue weighted by Gasteiger charge is -2.08. The maximum Gasteiger partial charge on any atom is 0.325 e. The molecule has 6 nitrogen and oxygen atoms in total. The number of amides is 1. The van der Waals surface area contributed by atoms with Crippen LogP contribution in [0.3, 0.4) is 0 Å². The number of aryl methyl sites for hydroxylation is 2. The molecule has 0 unspecified atom stereocenters. The Morgan fingerprint density at radius 1 is 1.17 bits per heavy atom. The van der Waals surface area contributed by atoms with Crippen LogP contribution in [0, 0.1) is 13.8 Å². The molecule has 0 aliphatic carbocycles. The third-order valence-electron chi connectivity index (χ3n) is 3.22. The van der Waals surface area contributed by atoms with Gasteiger partial charge >= 0.3 is 5.97 Å². The predicted octanol–water partition coefficient (Wildman–Crippen LogP) is 2.38. The van der Waals surface area contributed by atoms with Crippen LogP contribution in [0.15, 0.2) is 34.7 Å². The van der Waals surface area contributed by atoms with Crippen LogP contribution in [-0.2, 0) is 16.1 Å². The van der Waals surface area contributed by atoms with Crippen molar-refractivity contribution in [2.24, 2.45) is 0 Å². The normalized spacial score (nSPS) is 10.2. The molecule has 0 saturated heterocycles. The third kappa shape index (κ3) is 4.60. The van der Waals surface area contributed by atoms with E-state index < -0.39 is 11.9 Å². The zero-order chi connectivity index (χ0) is 16.8. The Kier molecular flexibility index (Phi) is 5.41. The summed E-state index contributed by atoms with van der Waals surface area (Å²) in [5.41, 5.74) is 2.13. The topological polar surface area (TPSA) is 77.8 Å². The van der Waals surface area contributed by atoms with Crippen LogP contribution in [0.2, 0.25) is 0 Å². The van der Waals surface area contributed by atoms with Gasteiger partial charge in [0.15, 0.2) is 5.76 Å². The van der Waals surface area contributed by atoms with Crippen molar-refractivity contribution in [2.75, 3.05) is 13.7 Å². The molecule has 6 heteroatoms. The van der Waals surface area contributed by atoms with Crippen LogP contribution >= 0.6 is 0 Å². The minimum absolute atomic E-state index is 0.119. The first-order valence-corrected chi connectivity index (χ1v) is 7.13. The summed E-state index contributed by atoms with van der Waals surface area (Å²) in [5, 5.41) is 2.41. The molecule has 0 bridgehead atoms. The van der Waals surface area contributed by atoms with Crippen LogP contribution in [0.25, 0.3) is 0 Å². The van der Waals surface area contributed by atoms with Crippen molar-refractivity contribution >= 4 is 11.9 Å². The van der Waals surface area contributed by atoms with E-state index in [1.54, 1.807) is 6.07 Å². The van der Waals surface area contributed by atoms with Crippen LogP contribution < -0.4 is 10.1 Å². The van der Waals surface area contributed by atoms with Gasteiger partial charge in [0.25, 0.3) is 5.91 Å². The number of rotatable bonds is 6.